The highest BCUT2D eigenvalue weighted by Gasteiger charge is 2.42. The fourth-order valence-electron chi connectivity index (χ4n) is 4.86. The van der Waals surface area contributed by atoms with E-state index in [9.17, 15) is 23.6 Å². The van der Waals surface area contributed by atoms with E-state index in [0.29, 0.717) is 5.56 Å². The molecule has 170 valence electrons. The molecule has 9 heteroatoms. The summed E-state index contributed by atoms with van der Waals surface area (Å²) in [5.74, 6) is -2.75. The molecule has 2 heterocycles. The van der Waals surface area contributed by atoms with E-state index >= 15 is 0 Å². The minimum atomic E-state index is -0.838. The van der Waals surface area contributed by atoms with E-state index in [1.54, 1.807) is 0 Å². The molecule has 0 aromatic heterocycles. The Labute approximate surface area is 197 Å². The number of halogens is 2. The highest BCUT2D eigenvalue weighted by atomic mass is 79.9. The maximum absolute atomic E-state index is 15.0. The van der Waals surface area contributed by atoms with Crippen molar-refractivity contribution < 1.29 is 23.6 Å². The Morgan fingerprint density at radius 3 is 2.52 bits per heavy atom. The van der Waals surface area contributed by atoms with Gasteiger partial charge >= 0.3 is 0 Å². The van der Waals surface area contributed by atoms with Gasteiger partial charge in [-0.1, -0.05) is 28.1 Å². The Kier molecular flexibility index (Phi) is 5.31. The fraction of sp³-hybridized carbons (Fsp3) is 0.333. The normalized spacial score (nSPS) is 21.3. The van der Waals surface area contributed by atoms with E-state index in [-0.39, 0.29) is 36.4 Å². The topological polar surface area (TPSA) is 95.6 Å². The number of nitrogens with one attached hydrogen (secondary N) is 2. The van der Waals surface area contributed by atoms with Gasteiger partial charge in [0.2, 0.25) is 11.8 Å². The number of carbonyl (C=O) groups is 4. The summed E-state index contributed by atoms with van der Waals surface area (Å²) in [5.41, 5.74) is 0.865. The lowest BCUT2D eigenvalue weighted by molar-refractivity contribution is -0.136. The van der Waals surface area contributed by atoms with Crippen molar-refractivity contribution in [3.8, 4) is 0 Å². The van der Waals surface area contributed by atoms with E-state index in [4.69, 9.17) is 0 Å². The first-order chi connectivity index (χ1) is 15.8. The summed E-state index contributed by atoms with van der Waals surface area (Å²) < 4.78 is 15.9. The molecule has 5 rings (SSSR count). The van der Waals surface area contributed by atoms with Gasteiger partial charge in [0.05, 0.1) is 11.1 Å². The van der Waals surface area contributed by atoms with Crippen molar-refractivity contribution in [3.05, 3.63) is 68.9 Å². The molecular weight excluding hydrogens is 493 g/mol. The van der Waals surface area contributed by atoms with Crippen LogP contribution in [0.1, 0.15) is 63.9 Å². The molecule has 2 aromatic rings. The molecule has 1 saturated heterocycles. The second-order valence-electron chi connectivity index (χ2n) is 8.79. The van der Waals surface area contributed by atoms with Crippen LogP contribution in [0.5, 0.6) is 0 Å². The number of imide groups is 1. The monoisotopic (exact) mass is 513 g/mol. The van der Waals surface area contributed by atoms with Crippen molar-refractivity contribution in [3.63, 3.8) is 0 Å². The molecule has 33 heavy (non-hydrogen) atoms. The van der Waals surface area contributed by atoms with Gasteiger partial charge < -0.3 is 10.2 Å². The number of benzene rings is 2. The van der Waals surface area contributed by atoms with Crippen LogP contribution in [0.25, 0.3) is 0 Å². The molecule has 1 atom stereocenters. The maximum atomic E-state index is 15.0. The first-order valence-corrected chi connectivity index (χ1v) is 11.6. The molecule has 2 aromatic carbocycles. The second kappa shape index (κ2) is 8.06. The molecule has 1 unspecified atom stereocenters. The van der Waals surface area contributed by atoms with E-state index in [2.05, 4.69) is 26.6 Å². The Balaban J connectivity index is 1.39. The summed E-state index contributed by atoms with van der Waals surface area (Å²) in [6.07, 6.45) is 2.86. The third-order valence-electron chi connectivity index (χ3n) is 6.79. The van der Waals surface area contributed by atoms with Crippen LogP contribution < -0.4 is 10.6 Å². The number of hydrogen-bond acceptors (Lipinski definition) is 4. The third kappa shape index (κ3) is 3.74. The number of nitrogens with zero attached hydrogens (tertiary/aromatic N) is 1. The predicted molar refractivity (Wildman–Crippen MR) is 120 cm³/mol. The molecule has 0 spiro atoms. The smallest absolute Gasteiger partial charge is 0.258 e. The quantitative estimate of drug-likeness (QED) is 0.613. The third-order valence-corrected chi connectivity index (χ3v) is 7.32. The van der Waals surface area contributed by atoms with Crippen molar-refractivity contribution >= 4 is 39.6 Å². The van der Waals surface area contributed by atoms with Crippen LogP contribution in [0.3, 0.4) is 0 Å². The van der Waals surface area contributed by atoms with E-state index < -0.39 is 35.1 Å². The summed E-state index contributed by atoms with van der Waals surface area (Å²) in [4.78, 5) is 50.9. The van der Waals surface area contributed by atoms with Gasteiger partial charge in [-0.15, -0.1) is 0 Å². The fourth-order valence-corrected chi connectivity index (χ4v) is 5.13. The molecule has 0 radical (unpaired) electrons. The molecule has 2 aliphatic heterocycles. The molecule has 2 fully saturated rings. The van der Waals surface area contributed by atoms with Gasteiger partial charge in [0.15, 0.2) is 0 Å². The van der Waals surface area contributed by atoms with Crippen LogP contribution in [0.4, 0.5) is 4.39 Å². The molecule has 2 N–H and O–H groups in total. The van der Waals surface area contributed by atoms with Gasteiger partial charge in [-0.2, -0.15) is 0 Å². The number of carbonyl (C=O) groups excluding carboxylic acids is 4. The number of rotatable bonds is 4. The summed E-state index contributed by atoms with van der Waals surface area (Å²) in [7, 11) is 0. The van der Waals surface area contributed by atoms with Gasteiger partial charge in [-0.25, -0.2) is 4.39 Å². The van der Waals surface area contributed by atoms with Gasteiger partial charge in [0.1, 0.15) is 11.9 Å². The van der Waals surface area contributed by atoms with Crippen molar-refractivity contribution in [2.75, 3.05) is 0 Å². The molecule has 1 aliphatic carbocycles. The predicted octanol–water partition coefficient (Wildman–Crippen LogP) is 3.16. The minimum Gasteiger partial charge on any atom is -0.343 e. The largest absolute Gasteiger partial charge is 0.343 e. The Morgan fingerprint density at radius 1 is 1.15 bits per heavy atom. The van der Waals surface area contributed by atoms with Crippen molar-refractivity contribution in [2.45, 2.75) is 50.2 Å². The zero-order valence-corrected chi connectivity index (χ0v) is 19.2. The van der Waals surface area contributed by atoms with Crippen molar-refractivity contribution in [2.24, 2.45) is 0 Å². The number of hydrogen-bond donors (Lipinski definition) is 2. The molecule has 3 aliphatic rings. The zero-order chi connectivity index (χ0) is 23.3. The Morgan fingerprint density at radius 2 is 1.88 bits per heavy atom. The van der Waals surface area contributed by atoms with Crippen LogP contribution in [-0.2, 0) is 21.7 Å². The minimum absolute atomic E-state index is 0.0103. The van der Waals surface area contributed by atoms with Crippen molar-refractivity contribution in [1.29, 1.82) is 0 Å². The first kappa shape index (κ1) is 21.8. The van der Waals surface area contributed by atoms with Gasteiger partial charge in [0, 0.05) is 23.0 Å². The highest BCUT2D eigenvalue weighted by Crippen LogP contribution is 2.42. The zero-order valence-electron chi connectivity index (χ0n) is 17.6. The van der Waals surface area contributed by atoms with Crippen LogP contribution >= 0.6 is 15.9 Å². The van der Waals surface area contributed by atoms with E-state index in [1.807, 2.05) is 24.3 Å². The lowest BCUT2D eigenvalue weighted by Crippen LogP contribution is -2.52. The van der Waals surface area contributed by atoms with E-state index in [0.717, 1.165) is 35.4 Å². The van der Waals surface area contributed by atoms with Gasteiger partial charge in [-0.3, -0.25) is 24.5 Å². The molecule has 4 amide bonds. The van der Waals surface area contributed by atoms with Crippen LogP contribution in [0.15, 0.2) is 40.9 Å². The first-order valence-electron chi connectivity index (χ1n) is 10.8. The SMILES string of the molecule is O=C1CCC(N2Cc3cc(C(=O)NC4(c5ccc(Br)cc5)CCC4)cc(F)c3C2=O)C(=O)N1. The maximum Gasteiger partial charge on any atom is 0.258 e. The Hall–Kier alpha value is -3.07. The highest BCUT2D eigenvalue weighted by molar-refractivity contribution is 9.10. The van der Waals surface area contributed by atoms with Crippen LogP contribution in [0, 0.1) is 5.82 Å². The summed E-state index contributed by atoms with van der Waals surface area (Å²) in [6.45, 7) is 0.0103. The Bertz CT molecular complexity index is 1190. The van der Waals surface area contributed by atoms with Crippen LogP contribution in [-0.4, -0.2) is 34.6 Å². The lowest BCUT2D eigenvalue weighted by atomic mass is 9.71. The molecule has 0 bridgehead atoms. The average Bonchev–Trinajstić information content (AvgIpc) is 3.08. The number of fused-ring (bicyclic) bond motifs is 1. The second-order valence-corrected chi connectivity index (χ2v) is 9.70. The summed E-state index contributed by atoms with van der Waals surface area (Å²) in [6, 6.07) is 9.53. The molecule has 1 saturated carbocycles. The van der Waals surface area contributed by atoms with Gasteiger partial charge in [-0.05, 0) is 61.1 Å². The van der Waals surface area contributed by atoms with E-state index in [1.165, 1.54) is 11.0 Å². The standard InChI is InChI=1S/C24H21BrFN3O4/c25-16-4-2-15(3-5-16)24(8-1-9-24)28-21(31)13-10-14-12-29(23(33)20(14)17(26)11-13)18-6-7-19(30)27-22(18)32/h2-5,10-11,18H,1,6-9,12H2,(H,28,31)(H,27,30,32). The number of amides is 4. The average molecular weight is 514 g/mol. The molecule has 7 nitrogen and oxygen atoms in total. The van der Waals surface area contributed by atoms with Crippen molar-refractivity contribution in [1.82, 2.24) is 15.5 Å². The number of piperidine rings is 1. The summed E-state index contributed by atoms with van der Waals surface area (Å²) >= 11 is 3.42. The van der Waals surface area contributed by atoms with Gasteiger partial charge in [0.25, 0.3) is 11.8 Å². The lowest BCUT2D eigenvalue weighted by Gasteiger charge is -2.43. The van der Waals surface area contributed by atoms with Crippen LogP contribution in [0.2, 0.25) is 0 Å². The summed E-state index contributed by atoms with van der Waals surface area (Å²) in [5, 5.41) is 5.30. The molecular formula is C24H21BrFN3O4.